The minimum absolute atomic E-state index is 0.0210. The third-order valence-electron chi connectivity index (χ3n) is 3.44. The molecule has 1 rings (SSSR count). The number of halogens is 1. The van der Waals surface area contributed by atoms with Crippen molar-refractivity contribution in [3.05, 3.63) is 29.6 Å². The van der Waals surface area contributed by atoms with Crippen molar-refractivity contribution in [3.8, 4) is 0 Å². The molecule has 0 saturated heterocycles. The first-order valence-corrected chi connectivity index (χ1v) is 5.97. The predicted octanol–water partition coefficient (Wildman–Crippen LogP) is 2.91. The number of nitrogens with zero attached hydrogens (tertiary/aromatic N) is 1. The van der Waals surface area contributed by atoms with Gasteiger partial charge in [-0.3, -0.25) is 4.79 Å². The van der Waals surface area contributed by atoms with E-state index in [1.54, 1.807) is 18.0 Å². The number of hydrogen-bond donors (Lipinski definition) is 1. The molecular weight excluding hydrogens is 231 g/mol. The Balaban J connectivity index is 3.05. The van der Waals surface area contributed by atoms with Crippen molar-refractivity contribution in [1.82, 2.24) is 4.90 Å². The summed E-state index contributed by atoms with van der Waals surface area (Å²) in [5.41, 5.74) is 5.69. The highest BCUT2D eigenvalue weighted by Gasteiger charge is 2.28. The van der Waals surface area contributed by atoms with Gasteiger partial charge in [0.15, 0.2) is 0 Å². The Bertz CT molecular complexity index is 452. The van der Waals surface area contributed by atoms with Crippen LogP contribution in [0.4, 0.5) is 10.1 Å². The molecule has 0 saturated carbocycles. The Kier molecular flexibility index (Phi) is 3.99. The first kappa shape index (κ1) is 14.5. The minimum atomic E-state index is -0.558. The van der Waals surface area contributed by atoms with E-state index in [-0.39, 0.29) is 28.6 Å². The molecule has 1 amide bonds. The van der Waals surface area contributed by atoms with Gasteiger partial charge in [0, 0.05) is 13.1 Å². The zero-order valence-corrected chi connectivity index (χ0v) is 11.6. The van der Waals surface area contributed by atoms with Gasteiger partial charge in [-0.25, -0.2) is 4.39 Å². The molecule has 0 radical (unpaired) electrons. The second kappa shape index (κ2) is 4.96. The third kappa shape index (κ3) is 2.81. The molecule has 0 fully saturated rings. The number of nitrogens with two attached hydrogens (primary N) is 1. The fraction of sp³-hybridized carbons (Fsp3) is 0.500. The van der Waals surface area contributed by atoms with Crippen LogP contribution in [0.5, 0.6) is 0 Å². The van der Waals surface area contributed by atoms with Crippen molar-refractivity contribution in [3.63, 3.8) is 0 Å². The fourth-order valence-corrected chi connectivity index (χ4v) is 1.67. The Morgan fingerprint density at radius 3 is 2.44 bits per heavy atom. The highest BCUT2D eigenvalue weighted by Crippen LogP contribution is 2.25. The largest absolute Gasteiger partial charge is 0.396 e. The molecule has 0 bridgehead atoms. The van der Waals surface area contributed by atoms with Gasteiger partial charge in [-0.2, -0.15) is 0 Å². The zero-order valence-electron chi connectivity index (χ0n) is 11.6. The molecule has 0 heterocycles. The lowest BCUT2D eigenvalue weighted by Crippen LogP contribution is -2.43. The Hall–Kier alpha value is -1.58. The van der Waals surface area contributed by atoms with E-state index in [1.165, 1.54) is 12.1 Å². The van der Waals surface area contributed by atoms with Crippen molar-refractivity contribution in [2.75, 3.05) is 12.8 Å². The molecule has 0 aliphatic carbocycles. The minimum Gasteiger partial charge on any atom is -0.396 e. The summed E-state index contributed by atoms with van der Waals surface area (Å²) in [6.07, 6.45) is 0. The van der Waals surface area contributed by atoms with Crippen LogP contribution in [0.3, 0.4) is 0 Å². The van der Waals surface area contributed by atoms with Gasteiger partial charge in [0.25, 0.3) is 5.91 Å². The van der Waals surface area contributed by atoms with E-state index in [9.17, 15) is 9.18 Å². The quantitative estimate of drug-likeness (QED) is 0.823. The summed E-state index contributed by atoms with van der Waals surface area (Å²) in [7, 11) is 1.71. The first-order valence-electron chi connectivity index (χ1n) is 5.97. The Morgan fingerprint density at radius 1 is 1.39 bits per heavy atom. The highest BCUT2D eigenvalue weighted by molar-refractivity contribution is 5.99. The normalized spacial score (nSPS) is 13.2. The maximum atomic E-state index is 13.3. The van der Waals surface area contributed by atoms with Crippen LogP contribution in [-0.4, -0.2) is 23.9 Å². The SMILES string of the molecule is CC(N(C)C(=O)c1cccc(F)c1N)C(C)(C)C. The lowest BCUT2D eigenvalue weighted by Gasteiger charge is -2.35. The summed E-state index contributed by atoms with van der Waals surface area (Å²) in [6.45, 7) is 8.12. The average molecular weight is 252 g/mol. The molecule has 0 spiro atoms. The van der Waals surface area contributed by atoms with Gasteiger partial charge in [0.1, 0.15) is 5.82 Å². The summed E-state index contributed by atoms with van der Waals surface area (Å²) < 4.78 is 13.3. The smallest absolute Gasteiger partial charge is 0.256 e. The lowest BCUT2D eigenvalue weighted by molar-refractivity contribution is 0.0630. The van der Waals surface area contributed by atoms with Crippen LogP contribution >= 0.6 is 0 Å². The molecule has 2 N–H and O–H groups in total. The number of carbonyl (C=O) groups excluding carboxylic acids is 1. The van der Waals surface area contributed by atoms with Gasteiger partial charge >= 0.3 is 0 Å². The van der Waals surface area contributed by atoms with Crippen LogP contribution in [0.25, 0.3) is 0 Å². The number of hydrogen-bond acceptors (Lipinski definition) is 2. The van der Waals surface area contributed by atoms with E-state index in [1.807, 2.05) is 6.92 Å². The van der Waals surface area contributed by atoms with E-state index < -0.39 is 5.82 Å². The molecule has 1 aromatic carbocycles. The van der Waals surface area contributed by atoms with Crippen LogP contribution in [-0.2, 0) is 0 Å². The van der Waals surface area contributed by atoms with Gasteiger partial charge in [-0.05, 0) is 24.5 Å². The number of carbonyl (C=O) groups is 1. The molecule has 100 valence electrons. The summed E-state index contributed by atoms with van der Waals surface area (Å²) in [4.78, 5) is 13.9. The van der Waals surface area contributed by atoms with Crippen LogP contribution in [0, 0.1) is 11.2 Å². The van der Waals surface area contributed by atoms with Gasteiger partial charge in [-0.1, -0.05) is 26.8 Å². The maximum Gasteiger partial charge on any atom is 0.256 e. The van der Waals surface area contributed by atoms with E-state index in [0.29, 0.717) is 0 Å². The zero-order chi connectivity index (χ0) is 14.1. The summed E-state index contributed by atoms with van der Waals surface area (Å²) in [5.74, 6) is -0.813. The Morgan fingerprint density at radius 2 is 1.94 bits per heavy atom. The number of anilines is 1. The third-order valence-corrected chi connectivity index (χ3v) is 3.44. The number of rotatable bonds is 2. The van der Waals surface area contributed by atoms with Crippen LogP contribution in [0.2, 0.25) is 0 Å². The molecule has 4 heteroatoms. The molecule has 0 aromatic heterocycles. The van der Waals surface area contributed by atoms with Crippen LogP contribution < -0.4 is 5.73 Å². The fourth-order valence-electron chi connectivity index (χ4n) is 1.67. The molecule has 0 aliphatic rings. The predicted molar refractivity (Wildman–Crippen MR) is 71.8 cm³/mol. The van der Waals surface area contributed by atoms with Crippen LogP contribution in [0.1, 0.15) is 38.1 Å². The van der Waals surface area contributed by atoms with Crippen molar-refractivity contribution >= 4 is 11.6 Å². The van der Waals surface area contributed by atoms with Crippen LogP contribution in [0.15, 0.2) is 18.2 Å². The van der Waals surface area contributed by atoms with Crippen molar-refractivity contribution in [1.29, 1.82) is 0 Å². The number of benzene rings is 1. The van der Waals surface area contributed by atoms with Crippen molar-refractivity contribution < 1.29 is 9.18 Å². The monoisotopic (exact) mass is 252 g/mol. The summed E-state index contributed by atoms with van der Waals surface area (Å²) in [5, 5.41) is 0. The molecule has 18 heavy (non-hydrogen) atoms. The van der Waals surface area contributed by atoms with Gasteiger partial charge < -0.3 is 10.6 Å². The van der Waals surface area contributed by atoms with Crippen molar-refractivity contribution in [2.45, 2.75) is 33.7 Å². The first-order chi connectivity index (χ1) is 8.16. The lowest BCUT2D eigenvalue weighted by atomic mass is 9.87. The Labute approximate surface area is 108 Å². The molecule has 1 unspecified atom stereocenters. The molecule has 0 aliphatic heterocycles. The topological polar surface area (TPSA) is 46.3 Å². The summed E-state index contributed by atoms with van der Waals surface area (Å²) in [6, 6.07) is 4.31. The maximum absolute atomic E-state index is 13.3. The summed E-state index contributed by atoms with van der Waals surface area (Å²) >= 11 is 0. The molecule has 1 atom stereocenters. The highest BCUT2D eigenvalue weighted by atomic mass is 19.1. The number of para-hydroxylation sites is 1. The average Bonchev–Trinajstić information content (AvgIpc) is 2.28. The molecule has 1 aromatic rings. The standard InChI is InChI=1S/C14H21FN2O/c1-9(14(2,3)4)17(5)13(18)10-7-6-8-11(15)12(10)16/h6-9H,16H2,1-5H3. The van der Waals surface area contributed by atoms with Gasteiger partial charge in [0.05, 0.1) is 11.3 Å². The van der Waals surface area contributed by atoms with Crippen molar-refractivity contribution in [2.24, 2.45) is 5.41 Å². The van der Waals surface area contributed by atoms with E-state index >= 15 is 0 Å². The second-order valence-corrected chi connectivity index (χ2v) is 5.66. The van der Waals surface area contributed by atoms with E-state index in [0.717, 1.165) is 0 Å². The van der Waals surface area contributed by atoms with E-state index in [2.05, 4.69) is 20.8 Å². The van der Waals surface area contributed by atoms with Gasteiger partial charge in [0.2, 0.25) is 0 Å². The van der Waals surface area contributed by atoms with Gasteiger partial charge in [-0.15, -0.1) is 0 Å². The molecular formula is C14H21FN2O. The van der Waals surface area contributed by atoms with E-state index in [4.69, 9.17) is 5.73 Å². The second-order valence-electron chi connectivity index (χ2n) is 5.66. The molecule has 3 nitrogen and oxygen atoms in total. The number of nitrogen functional groups attached to an aromatic ring is 1. The number of amides is 1.